The first kappa shape index (κ1) is 16.1. The molecule has 0 radical (unpaired) electrons. The number of thiazole rings is 1. The fourth-order valence-corrected chi connectivity index (χ4v) is 3.28. The maximum absolute atomic E-state index is 11.9. The van der Waals surface area contributed by atoms with E-state index in [1.54, 1.807) is 0 Å². The molecule has 0 atom stereocenters. The Hall–Kier alpha value is -1.29. The molecule has 4 heteroatoms. The lowest BCUT2D eigenvalue weighted by molar-refractivity contribution is 0.111. The summed E-state index contributed by atoms with van der Waals surface area (Å²) >= 11 is 1.24. The third-order valence-electron chi connectivity index (χ3n) is 3.67. The van der Waals surface area contributed by atoms with Crippen LogP contribution in [-0.4, -0.2) is 11.3 Å². The molecule has 21 heavy (non-hydrogen) atoms. The number of aromatic nitrogens is 1. The highest BCUT2D eigenvalue weighted by Gasteiger charge is 2.06. The van der Waals surface area contributed by atoms with Crippen molar-refractivity contribution in [3.8, 4) is 0 Å². The highest BCUT2D eigenvalue weighted by atomic mass is 32.1. The molecule has 0 N–H and O–H groups in total. The Labute approximate surface area is 130 Å². The predicted octanol–water partition coefficient (Wildman–Crippen LogP) is 4.63. The van der Waals surface area contributed by atoms with Crippen molar-refractivity contribution in [2.45, 2.75) is 58.3 Å². The number of unbranched alkanes of at least 4 members (excludes halogenated alkanes) is 7. The summed E-state index contributed by atoms with van der Waals surface area (Å²) in [5.41, 5.74) is 0.882. The predicted molar refractivity (Wildman–Crippen MR) is 90.1 cm³/mol. The SMILES string of the molecule is CCCCCCCCCCOn1c(=O)sc2ccccc21. The summed E-state index contributed by atoms with van der Waals surface area (Å²) in [4.78, 5) is 17.5. The average Bonchev–Trinajstić information content (AvgIpc) is 2.81. The molecule has 3 nitrogen and oxygen atoms in total. The minimum atomic E-state index is -0.0317. The van der Waals surface area contributed by atoms with Gasteiger partial charge in [0.2, 0.25) is 0 Å². The van der Waals surface area contributed by atoms with Gasteiger partial charge in [0.05, 0.1) is 4.70 Å². The Kier molecular flexibility index (Phi) is 6.80. The van der Waals surface area contributed by atoms with Crippen LogP contribution in [-0.2, 0) is 0 Å². The maximum Gasteiger partial charge on any atom is 0.340 e. The van der Waals surface area contributed by atoms with Crippen LogP contribution in [0.4, 0.5) is 0 Å². The van der Waals surface area contributed by atoms with Gasteiger partial charge in [-0.05, 0) is 25.0 Å². The Morgan fingerprint density at radius 1 is 1.00 bits per heavy atom. The second-order valence-corrected chi connectivity index (χ2v) is 6.43. The van der Waals surface area contributed by atoms with Crippen LogP contribution in [0.15, 0.2) is 29.1 Å². The molecule has 0 amide bonds. The van der Waals surface area contributed by atoms with Crippen molar-refractivity contribution in [1.82, 2.24) is 4.73 Å². The molecule has 0 aliphatic carbocycles. The number of nitrogens with zero attached hydrogens (tertiary/aromatic N) is 1. The van der Waals surface area contributed by atoms with Gasteiger partial charge in [-0.15, -0.1) is 4.73 Å². The monoisotopic (exact) mass is 307 g/mol. The lowest BCUT2D eigenvalue weighted by Gasteiger charge is -2.06. The van der Waals surface area contributed by atoms with Crippen LogP contribution in [0.25, 0.3) is 10.2 Å². The molecule has 0 fully saturated rings. The van der Waals surface area contributed by atoms with Crippen LogP contribution < -0.4 is 9.71 Å². The van der Waals surface area contributed by atoms with Crippen LogP contribution in [0.2, 0.25) is 0 Å². The molecule has 0 bridgehead atoms. The molecule has 0 saturated carbocycles. The third kappa shape index (κ3) is 4.88. The molecule has 0 unspecified atom stereocenters. The molecule has 0 spiro atoms. The van der Waals surface area contributed by atoms with Crippen molar-refractivity contribution >= 4 is 21.6 Å². The summed E-state index contributed by atoms with van der Waals surface area (Å²) in [7, 11) is 0. The van der Waals surface area contributed by atoms with Gasteiger partial charge in [0, 0.05) is 0 Å². The highest BCUT2D eigenvalue weighted by Crippen LogP contribution is 2.15. The van der Waals surface area contributed by atoms with Crippen molar-refractivity contribution in [2.75, 3.05) is 6.61 Å². The Morgan fingerprint density at radius 3 is 2.43 bits per heavy atom. The van der Waals surface area contributed by atoms with Crippen molar-refractivity contribution in [1.29, 1.82) is 0 Å². The second-order valence-electron chi connectivity index (χ2n) is 5.44. The number of hydrogen-bond acceptors (Lipinski definition) is 3. The fraction of sp³-hybridized carbons (Fsp3) is 0.588. The summed E-state index contributed by atoms with van der Waals surface area (Å²) in [5, 5.41) is 0. The number of benzene rings is 1. The maximum atomic E-state index is 11.9. The zero-order chi connectivity index (χ0) is 14.9. The molecule has 1 aromatic heterocycles. The molecule has 2 rings (SSSR count). The number of hydrogen-bond donors (Lipinski definition) is 0. The number of para-hydroxylation sites is 1. The van der Waals surface area contributed by atoms with Gasteiger partial charge in [0.15, 0.2) is 0 Å². The van der Waals surface area contributed by atoms with E-state index in [1.807, 2.05) is 24.3 Å². The summed E-state index contributed by atoms with van der Waals surface area (Å²) in [6.45, 7) is 2.86. The smallest absolute Gasteiger partial charge is 0.340 e. The molecule has 0 aliphatic heterocycles. The Bertz CT molecular complexity index is 588. The van der Waals surface area contributed by atoms with E-state index in [9.17, 15) is 4.79 Å². The van der Waals surface area contributed by atoms with E-state index in [4.69, 9.17) is 4.84 Å². The Morgan fingerprint density at radius 2 is 1.67 bits per heavy atom. The summed E-state index contributed by atoms with van der Waals surface area (Å²) < 4.78 is 2.43. The molecule has 2 aromatic rings. The fourth-order valence-electron chi connectivity index (χ4n) is 2.46. The molecular formula is C17H25NO2S. The van der Waals surface area contributed by atoms with Crippen LogP contribution >= 0.6 is 11.3 Å². The van der Waals surface area contributed by atoms with Crippen LogP contribution in [0, 0.1) is 0 Å². The topological polar surface area (TPSA) is 31.2 Å². The molecular weight excluding hydrogens is 282 g/mol. The van der Waals surface area contributed by atoms with Gasteiger partial charge in [0.1, 0.15) is 12.1 Å². The van der Waals surface area contributed by atoms with Crippen molar-refractivity contribution < 1.29 is 4.84 Å². The normalized spacial score (nSPS) is 11.1. The first-order valence-electron chi connectivity index (χ1n) is 8.07. The first-order chi connectivity index (χ1) is 10.3. The van der Waals surface area contributed by atoms with Crippen LogP contribution in [0.1, 0.15) is 58.3 Å². The van der Waals surface area contributed by atoms with E-state index in [1.165, 1.54) is 61.0 Å². The quantitative estimate of drug-likeness (QED) is 0.599. The zero-order valence-electron chi connectivity index (χ0n) is 12.8. The summed E-state index contributed by atoms with van der Waals surface area (Å²) in [5.74, 6) is 0. The van der Waals surface area contributed by atoms with E-state index in [-0.39, 0.29) is 4.87 Å². The van der Waals surface area contributed by atoms with Crippen molar-refractivity contribution in [2.24, 2.45) is 0 Å². The van der Waals surface area contributed by atoms with Gasteiger partial charge in [-0.1, -0.05) is 68.9 Å². The van der Waals surface area contributed by atoms with Gasteiger partial charge in [-0.2, -0.15) is 0 Å². The van der Waals surface area contributed by atoms with E-state index < -0.39 is 0 Å². The lowest BCUT2D eigenvalue weighted by atomic mass is 10.1. The standard InChI is InChI=1S/C17H25NO2S/c1-2-3-4-5-6-7-8-11-14-20-18-15-12-9-10-13-16(15)21-17(18)19/h9-10,12-13H,2-8,11,14H2,1H3. The van der Waals surface area contributed by atoms with Crippen LogP contribution in [0.5, 0.6) is 0 Å². The number of rotatable bonds is 10. The highest BCUT2D eigenvalue weighted by molar-refractivity contribution is 7.16. The van der Waals surface area contributed by atoms with Gasteiger partial charge in [-0.3, -0.25) is 4.79 Å². The summed E-state index contributed by atoms with van der Waals surface area (Å²) in [6, 6.07) is 7.77. The average molecular weight is 307 g/mol. The zero-order valence-corrected chi connectivity index (χ0v) is 13.7. The van der Waals surface area contributed by atoms with Gasteiger partial charge in [-0.25, -0.2) is 0 Å². The van der Waals surface area contributed by atoms with E-state index in [0.29, 0.717) is 6.61 Å². The number of fused-ring (bicyclic) bond motifs is 1. The second kappa shape index (κ2) is 8.88. The molecule has 1 aromatic carbocycles. The van der Waals surface area contributed by atoms with Crippen molar-refractivity contribution in [3.63, 3.8) is 0 Å². The minimum absolute atomic E-state index is 0.0317. The van der Waals surface area contributed by atoms with Gasteiger partial charge in [0.25, 0.3) is 0 Å². The third-order valence-corrected chi connectivity index (χ3v) is 4.57. The molecule has 1 heterocycles. The first-order valence-corrected chi connectivity index (χ1v) is 8.88. The van der Waals surface area contributed by atoms with Gasteiger partial charge < -0.3 is 4.84 Å². The summed E-state index contributed by atoms with van der Waals surface area (Å²) in [6.07, 6.45) is 10.2. The molecule has 0 aliphatic rings. The van der Waals surface area contributed by atoms with E-state index in [2.05, 4.69) is 6.92 Å². The van der Waals surface area contributed by atoms with Crippen molar-refractivity contribution in [3.05, 3.63) is 33.9 Å². The largest absolute Gasteiger partial charge is 0.410 e. The molecule has 116 valence electrons. The minimum Gasteiger partial charge on any atom is -0.410 e. The van der Waals surface area contributed by atoms with Crippen LogP contribution in [0.3, 0.4) is 0 Å². The molecule has 0 saturated heterocycles. The van der Waals surface area contributed by atoms with E-state index >= 15 is 0 Å². The lowest BCUT2D eigenvalue weighted by Crippen LogP contribution is -2.22. The van der Waals surface area contributed by atoms with E-state index in [0.717, 1.165) is 16.6 Å². The van der Waals surface area contributed by atoms with Gasteiger partial charge >= 0.3 is 4.87 Å². The Balaban J connectivity index is 1.66.